The summed E-state index contributed by atoms with van der Waals surface area (Å²) in [7, 11) is 0. The summed E-state index contributed by atoms with van der Waals surface area (Å²) in [5, 5.41) is 7.65. The highest BCUT2D eigenvalue weighted by Gasteiger charge is 2.38. The zero-order valence-corrected chi connectivity index (χ0v) is 12.9. The molecule has 0 unspecified atom stereocenters. The number of rotatable bonds is 4. The molecule has 5 heteroatoms. The Morgan fingerprint density at radius 3 is 2.61 bits per heavy atom. The first-order valence-corrected chi connectivity index (χ1v) is 7.17. The van der Waals surface area contributed by atoms with Crippen molar-refractivity contribution < 1.29 is 0 Å². The number of aromatic nitrogens is 2. The lowest BCUT2D eigenvalue weighted by Gasteiger charge is -2.28. The summed E-state index contributed by atoms with van der Waals surface area (Å²) in [4.78, 5) is 12.1. The molecule has 0 aliphatic heterocycles. The quantitative estimate of drug-likeness (QED) is 0.928. The number of hydrogen-bond acceptors (Lipinski definition) is 3. The topological polar surface area (TPSA) is 46.9 Å². The van der Waals surface area contributed by atoms with E-state index in [-0.39, 0.29) is 17.1 Å². The maximum atomic E-state index is 12.1. The number of anilines is 1. The molecule has 4 nitrogen and oxygen atoms in total. The SMILES string of the molecule is CC(C)n1ncc(NC(C)(C)C2CC2)c(Br)c1=O. The van der Waals surface area contributed by atoms with Crippen molar-refractivity contribution in [2.75, 3.05) is 5.32 Å². The van der Waals surface area contributed by atoms with Crippen molar-refractivity contribution in [1.29, 1.82) is 0 Å². The van der Waals surface area contributed by atoms with E-state index in [0.29, 0.717) is 10.4 Å². The van der Waals surface area contributed by atoms with E-state index >= 15 is 0 Å². The fraction of sp³-hybridized carbons (Fsp3) is 0.692. The van der Waals surface area contributed by atoms with Gasteiger partial charge in [-0.25, -0.2) is 4.68 Å². The highest BCUT2D eigenvalue weighted by molar-refractivity contribution is 9.10. The van der Waals surface area contributed by atoms with Crippen LogP contribution in [-0.2, 0) is 0 Å². The summed E-state index contributed by atoms with van der Waals surface area (Å²) >= 11 is 3.39. The Hall–Kier alpha value is -0.840. The van der Waals surface area contributed by atoms with Crippen LogP contribution < -0.4 is 10.9 Å². The molecule has 0 aromatic carbocycles. The van der Waals surface area contributed by atoms with Crippen LogP contribution in [0.1, 0.15) is 46.6 Å². The minimum atomic E-state index is -0.0819. The van der Waals surface area contributed by atoms with E-state index in [1.165, 1.54) is 17.5 Å². The fourth-order valence-corrected chi connectivity index (χ4v) is 2.54. The Kier molecular flexibility index (Phi) is 3.54. The van der Waals surface area contributed by atoms with Gasteiger partial charge in [-0.15, -0.1) is 0 Å². The second-order valence-electron chi connectivity index (χ2n) is 5.84. The number of halogens is 1. The van der Waals surface area contributed by atoms with E-state index in [2.05, 4.69) is 40.2 Å². The van der Waals surface area contributed by atoms with Crippen molar-refractivity contribution in [2.45, 2.75) is 52.1 Å². The van der Waals surface area contributed by atoms with Crippen molar-refractivity contribution in [2.24, 2.45) is 5.92 Å². The second kappa shape index (κ2) is 4.68. The molecule has 100 valence electrons. The molecule has 1 aromatic heterocycles. The molecule has 1 saturated carbocycles. The van der Waals surface area contributed by atoms with Gasteiger partial charge in [-0.2, -0.15) is 5.10 Å². The summed E-state index contributed by atoms with van der Waals surface area (Å²) in [6.07, 6.45) is 4.25. The first kappa shape index (κ1) is 13.6. The molecular weight excluding hydrogens is 294 g/mol. The molecule has 1 heterocycles. The van der Waals surface area contributed by atoms with Gasteiger partial charge < -0.3 is 5.32 Å². The van der Waals surface area contributed by atoms with Crippen LogP contribution in [0.5, 0.6) is 0 Å². The number of hydrogen-bond donors (Lipinski definition) is 1. The number of nitrogens with one attached hydrogen (secondary N) is 1. The van der Waals surface area contributed by atoms with Gasteiger partial charge in [0, 0.05) is 5.54 Å². The Balaban J connectivity index is 2.30. The zero-order valence-electron chi connectivity index (χ0n) is 11.3. The molecule has 0 saturated heterocycles. The van der Waals surface area contributed by atoms with Crippen LogP contribution in [0.25, 0.3) is 0 Å². The number of nitrogens with zero attached hydrogens (tertiary/aromatic N) is 2. The van der Waals surface area contributed by atoms with Crippen LogP contribution in [-0.4, -0.2) is 15.3 Å². The van der Waals surface area contributed by atoms with Crippen LogP contribution >= 0.6 is 15.9 Å². The van der Waals surface area contributed by atoms with Crippen molar-refractivity contribution in [1.82, 2.24) is 9.78 Å². The monoisotopic (exact) mass is 313 g/mol. The summed E-state index contributed by atoms with van der Waals surface area (Å²) in [6.45, 7) is 8.24. The third-order valence-corrected chi connectivity index (χ3v) is 4.25. The summed E-state index contributed by atoms with van der Waals surface area (Å²) in [5.41, 5.74) is 0.719. The molecule has 0 atom stereocenters. The standard InChI is InChI=1S/C13H20BrN3O/c1-8(2)17-12(18)11(14)10(7-15-17)16-13(3,4)9-5-6-9/h7-9,16H,5-6H2,1-4H3. The van der Waals surface area contributed by atoms with Crippen molar-refractivity contribution in [3.63, 3.8) is 0 Å². The van der Waals surface area contributed by atoms with Crippen LogP contribution in [0.2, 0.25) is 0 Å². The second-order valence-corrected chi connectivity index (χ2v) is 6.63. The molecule has 0 spiro atoms. The van der Waals surface area contributed by atoms with E-state index in [1.807, 2.05) is 13.8 Å². The predicted molar refractivity (Wildman–Crippen MR) is 77.0 cm³/mol. The van der Waals surface area contributed by atoms with Gasteiger partial charge in [0.25, 0.3) is 5.56 Å². The van der Waals surface area contributed by atoms with E-state index in [1.54, 1.807) is 6.20 Å². The molecule has 18 heavy (non-hydrogen) atoms. The summed E-state index contributed by atoms with van der Waals surface area (Å²) < 4.78 is 2.05. The highest BCUT2D eigenvalue weighted by Crippen LogP contribution is 2.41. The minimum absolute atomic E-state index is 0.0145. The van der Waals surface area contributed by atoms with E-state index in [0.717, 1.165) is 5.69 Å². The molecule has 1 N–H and O–H groups in total. The Morgan fingerprint density at radius 1 is 1.50 bits per heavy atom. The largest absolute Gasteiger partial charge is 0.378 e. The molecule has 2 rings (SSSR count). The van der Waals surface area contributed by atoms with Crippen molar-refractivity contribution in [3.8, 4) is 0 Å². The molecule has 0 bridgehead atoms. The van der Waals surface area contributed by atoms with E-state index in [9.17, 15) is 4.79 Å². The van der Waals surface area contributed by atoms with Gasteiger partial charge in [0.15, 0.2) is 0 Å². The van der Waals surface area contributed by atoms with Crippen LogP contribution in [0, 0.1) is 5.92 Å². The maximum absolute atomic E-state index is 12.1. The summed E-state index contributed by atoms with van der Waals surface area (Å²) in [5.74, 6) is 0.692. The van der Waals surface area contributed by atoms with Gasteiger partial charge >= 0.3 is 0 Å². The molecular formula is C13H20BrN3O. The molecule has 1 fully saturated rings. The van der Waals surface area contributed by atoms with Gasteiger partial charge in [0.1, 0.15) is 4.47 Å². The lowest BCUT2D eigenvalue weighted by Crippen LogP contribution is -2.35. The molecule has 1 aromatic rings. The smallest absolute Gasteiger partial charge is 0.283 e. The average molecular weight is 314 g/mol. The highest BCUT2D eigenvalue weighted by atomic mass is 79.9. The van der Waals surface area contributed by atoms with Gasteiger partial charge in [-0.1, -0.05) is 0 Å². The van der Waals surface area contributed by atoms with Crippen molar-refractivity contribution >= 4 is 21.6 Å². The Bertz CT molecular complexity index is 503. The first-order valence-electron chi connectivity index (χ1n) is 6.38. The molecule has 0 amide bonds. The molecule has 1 aliphatic rings. The Labute approximate surface area is 116 Å². The van der Waals surface area contributed by atoms with E-state index < -0.39 is 0 Å². The Morgan fingerprint density at radius 2 is 2.11 bits per heavy atom. The van der Waals surface area contributed by atoms with Gasteiger partial charge in [0.2, 0.25) is 0 Å². The van der Waals surface area contributed by atoms with Crippen LogP contribution in [0.4, 0.5) is 5.69 Å². The minimum Gasteiger partial charge on any atom is -0.378 e. The molecule has 0 radical (unpaired) electrons. The third kappa shape index (κ3) is 2.60. The molecule has 1 aliphatic carbocycles. The third-order valence-electron chi connectivity index (χ3n) is 3.49. The zero-order chi connectivity index (χ0) is 13.5. The van der Waals surface area contributed by atoms with Crippen LogP contribution in [0.3, 0.4) is 0 Å². The maximum Gasteiger partial charge on any atom is 0.283 e. The van der Waals surface area contributed by atoms with E-state index in [4.69, 9.17) is 0 Å². The lowest BCUT2D eigenvalue weighted by molar-refractivity contribution is 0.484. The average Bonchev–Trinajstić information content (AvgIpc) is 3.08. The lowest BCUT2D eigenvalue weighted by atomic mass is 9.98. The predicted octanol–water partition coefficient (Wildman–Crippen LogP) is 3.19. The van der Waals surface area contributed by atoms with Gasteiger partial charge in [0.05, 0.1) is 17.9 Å². The first-order chi connectivity index (χ1) is 8.33. The normalized spacial score (nSPS) is 16.1. The summed E-state index contributed by atoms with van der Waals surface area (Å²) in [6, 6.07) is 0.0688. The van der Waals surface area contributed by atoms with Crippen LogP contribution in [0.15, 0.2) is 15.5 Å². The van der Waals surface area contributed by atoms with Gasteiger partial charge in [-0.05, 0) is 62.4 Å². The van der Waals surface area contributed by atoms with Gasteiger partial charge in [-0.3, -0.25) is 4.79 Å². The fourth-order valence-electron chi connectivity index (χ4n) is 2.15. The van der Waals surface area contributed by atoms with Crippen molar-refractivity contribution in [3.05, 3.63) is 21.0 Å².